The number of fused-ring (bicyclic) bond motifs is 2. The number of likely N-dealkylation sites (tertiary alicyclic amines) is 2. The Balaban J connectivity index is 1.26. The number of likely N-dealkylation sites (N-methyl/N-ethyl adjacent to an activating group) is 1. The van der Waals surface area contributed by atoms with Gasteiger partial charge in [0.25, 0.3) is 0 Å². The minimum atomic E-state index is -0.922. The molecule has 4 amide bonds. The van der Waals surface area contributed by atoms with Gasteiger partial charge in [-0.25, -0.2) is 4.79 Å². The van der Waals surface area contributed by atoms with E-state index in [1.807, 2.05) is 54.6 Å². The second-order valence-electron chi connectivity index (χ2n) is 14.4. The van der Waals surface area contributed by atoms with Crippen molar-refractivity contribution in [1.29, 1.82) is 0 Å². The lowest BCUT2D eigenvalue weighted by Gasteiger charge is -2.40. The topological polar surface area (TPSA) is 111 Å². The quantitative estimate of drug-likeness (QED) is 0.539. The van der Waals surface area contributed by atoms with E-state index in [0.717, 1.165) is 36.0 Å². The number of nitrogens with zero attached hydrogens (tertiary/aromatic N) is 4. The number of carbonyl (C=O) groups excluding carboxylic acids is 4. The molecular formula is C36H46N4O6. The number of amides is 4. The van der Waals surface area contributed by atoms with E-state index in [9.17, 15) is 24.3 Å². The highest BCUT2D eigenvalue weighted by atomic mass is 16.6. The molecule has 0 radical (unpaired) electrons. The van der Waals surface area contributed by atoms with Gasteiger partial charge >= 0.3 is 6.09 Å². The van der Waals surface area contributed by atoms with Gasteiger partial charge in [0.05, 0.1) is 12.6 Å². The number of hydrogen-bond acceptors (Lipinski definition) is 6. The van der Waals surface area contributed by atoms with Gasteiger partial charge in [0.2, 0.25) is 17.7 Å². The summed E-state index contributed by atoms with van der Waals surface area (Å²) in [6, 6.07) is 15.0. The molecule has 0 aromatic heterocycles. The number of ether oxygens (including phenoxy) is 1. The first-order valence-corrected chi connectivity index (χ1v) is 16.6. The molecule has 3 aliphatic heterocycles. The van der Waals surface area contributed by atoms with E-state index in [1.165, 1.54) is 9.80 Å². The second kappa shape index (κ2) is 12.7. The van der Waals surface area contributed by atoms with Crippen molar-refractivity contribution in [3.05, 3.63) is 71.3 Å². The Labute approximate surface area is 271 Å². The van der Waals surface area contributed by atoms with Crippen LogP contribution >= 0.6 is 0 Å². The molecule has 3 heterocycles. The number of benzene rings is 2. The van der Waals surface area contributed by atoms with E-state index in [0.29, 0.717) is 13.0 Å². The number of aliphatic hydroxyl groups excluding tert-OH is 1. The van der Waals surface area contributed by atoms with E-state index in [2.05, 4.69) is 0 Å². The molecule has 10 heteroatoms. The maximum absolute atomic E-state index is 14.6. The molecule has 4 aliphatic rings. The second-order valence-corrected chi connectivity index (χ2v) is 14.4. The molecule has 246 valence electrons. The zero-order chi connectivity index (χ0) is 32.7. The third kappa shape index (κ3) is 6.36. The third-order valence-corrected chi connectivity index (χ3v) is 10.0. The highest BCUT2D eigenvalue weighted by molar-refractivity contribution is 5.95. The fraction of sp³-hybridized carbons (Fsp3) is 0.556. The largest absolute Gasteiger partial charge is 0.444 e. The van der Waals surface area contributed by atoms with E-state index in [-0.39, 0.29) is 55.6 Å². The first-order valence-electron chi connectivity index (χ1n) is 16.6. The van der Waals surface area contributed by atoms with Crippen molar-refractivity contribution >= 4 is 23.8 Å². The summed E-state index contributed by atoms with van der Waals surface area (Å²) in [5.41, 5.74) is 2.15. The zero-order valence-corrected chi connectivity index (χ0v) is 27.3. The molecule has 0 spiro atoms. The lowest BCUT2D eigenvalue weighted by molar-refractivity contribution is -0.152. The highest BCUT2D eigenvalue weighted by Crippen LogP contribution is 2.43. The minimum Gasteiger partial charge on any atom is -0.444 e. The smallest absolute Gasteiger partial charge is 0.411 e. The Bertz CT molecular complexity index is 1470. The maximum Gasteiger partial charge on any atom is 0.411 e. The van der Waals surface area contributed by atoms with Crippen molar-refractivity contribution in [2.75, 3.05) is 13.6 Å². The standard InChI is InChI=1S/C36H46N4O6/c1-36(2,3)46-35(45)39-21-26-14-9-8-13-24(26)17-29(39)33(43)38-22-27(41)19-30(38)34(44)40-28-16-10-15-25(28)18-31(40)32(42)37(4)20-23-11-6-5-7-12-23/h5-9,11-14,25,27-31,41H,10,15-22H2,1-4H3/t25-,27+,28-,29-,30-,31-/m0/s1. The number of hydrogen-bond donors (Lipinski definition) is 1. The summed E-state index contributed by atoms with van der Waals surface area (Å²) in [5.74, 6) is -0.550. The molecular weight excluding hydrogens is 584 g/mol. The summed E-state index contributed by atoms with van der Waals surface area (Å²) in [4.78, 5) is 62.7. The molecule has 2 aromatic rings. The number of rotatable bonds is 5. The van der Waals surface area contributed by atoms with Gasteiger partial charge in [0, 0.05) is 39.0 Å². The Kier molecular flexibility index (Phi) is 8.85. The molecule has 2 saturated heterocycles. The van der Waals surface area contributed by atoms with Crippen LogP contribution in [0.1, 0.15) is 69.6 Å². The normalized spacial score (nSPS) is 27.3. The molecule has 10 nitrogen and oxygen atoms in total. The van der Waals surface area contributed by atoms with Crippen molar-refractivity contribution in [3.63, 3.8) is 0 Å². The van der Waals surface area contributed by atoms with Crippen LogP contribution in [-0.4, -0.2) is 98.0 Å². The van der Waals surface area contributed by atoms with Crippen LogP contribution in [0.3, 0.4) is 0 Å². The van der Waals surface area contributed by atoms with Crippen LogP contribution in [0.15, 0.2) is 54.6 Å². The molecule has 0 bridgehead atoms. The summed E-state index contributed by atoms with van der Waals surface area (Å²) < 4.78 is 5.71. The van der Waals surface area contributed by atoms with E-state index in [1.54, 1.807) is 37.6 Å². The SMILES string of the molecule is CN(Cc1ccccc1)C(=O)[C@@H]1C[C@@H]2CCC[C@@H]2N1C(=O)[C@@H]1C[C@@H](O)CN1C(=O)[C@@H]1Cc2ccccc2CN1C(=O)OC(C)(C)C. The van der Waals surface area contributed by atoms with Gasteiger partial charge in [-0.05, 0) is 62.6 Å². The van der Waals surface area contributed by atoms with Crippen LogP contribution in [-0.2, 0) is 38.6 Å². The van der Waals surface area contributed by atoms with Gasteiger partial charge in [-0.3, -0.25) is 19.3 Å². The van der Waals surface area contributed by atoms with Gasteiger partial charge in [-0.1, -0.05) is 61.0 Å². The van der Waals surface area contributed by atoms with Crippen molar-refractivity contribution in [2.45, 2.75) is 108 Å². The fourth-order valence-corrected chi connectivity index (χ4v) is 7.93. The monoisotopic (exact) mass is 630 g/mol. The van der Waals surface area contributed by atoms with Gasteiger partial charge in [-0.2, -0.15) is 0 Å². The van der Waals surface area contributed by atoms with Crippen molar-refractivity contribution in [1.82, 2.24) is 19.6 Å². The first kappa shape index (κ1) is 32.0. The molecule has 3 fully saturated rings. The van der Waals surface area contributed by atoms with E-state index in [4.69, 9.17) is 4.74 Å². The number of aliphatic hydroxyl groups is 1. The lowest BCUT2D eigenvalue weighted by Crippen LogP contribution is -2.59. The van der Waals surface area contributed by atoms with Gasteiger partial charge in [0.1, 0.15) is 23.7 Å². The Morgan fingerprint density at radius 2 is 1.57 bits per heavy atom. The van der Waals surface area contributed by atoms with Crippen LogP contribution in [0.2, 0.25) is 0 Å². The summed E-state index contributed by atoms with van der Waals surface area (Å²) >= 11 is 0. The van der Waals surface area contributed by atoms with E-state index >= 15 is 0 Å². The Morgan fingerprint density at radius 3 is 2.28 bits per heavy atom. The Hall–Kier alpha value is -3.92. The summed E-state index contributed by atoms with van der Waals surface area (Å²) in [5, 5.41) is 10.9. The predicted molar refractivity (Wildman–Crippen MR) is 171 cm³/mol. The van der Waals surface area contributed by atoms with Crippen LogP contribution < -0.4 is 0 Å². The molecule has 6 atom stereocenters. The lowest BCUT2D eigenvalue weighted by atomic mass is 9.93. The van der Waals surface area contributed by atoms with Crippen LogP contribution in [0.5, 0.6) is 0 Å². The molecule has 1 aliphatic carbocycles. The van der Waals surface area contributed by atoms with Crippen molar-refractivity contribution in [3.8, 4) is 0 Å². The van der Waals surface area contributed by atoms with Gasteiger partial charge in [-0.15, -0.1) is 0 Å². The molecule has 2 aromatic carbocycles. The number of β-amino-alcohol motifs (C(OH)–C–C–N with tert-alkyl or cyclic N) is 1. The number of carbonyl (C=O) groups is 4. The van der Waals surface area contributed by atoms with E-state index < -0.39 is 35.9 Å². The molecule has 46 heavy (non-hydrogen) atoms. The Morgan fingerprint density at radius 1 is 0.870 bits per heavy atom. The zero-order valence-electron chi connectivity index (χ0n) is 27.3. The molecule has 6 rings (SSSR count). The summed E-state index contributed by atoms with van der Waals surface area (Å²) in [7, 11) is 1.77. The van der Waals surface area contributed by atoms with Crippen LogP contribution in [0.4, 0.5) is 4.79 Å². The average Bonchev–Trinajstić information content (AvgIpc) is 3.73. The van der Waals surface area contributed by atoms with Gasteiger partial charge < -0.3 is 24.5 Å². The summed E-state index contributed by atoms with van der Waals surface area (Å²) in [6.07, 6.45) is 2.26. The summed E-state index contributed by atoms with van der Waals surface area (Å²) in [6.45, 7) is 5.98. The average molecular weight is 631 g/mol. The van der Waals surface area contributed by atoms with Crippen LogP contribution in [0.25, 0.3) is 0 Å². The molecule has 0 unspecified atom stereocenters. The van der Waals surface area contributed by atoms with Gasteiger partial charge in [0.15, 0.2) is 0 Å². The van der Waals surface area contributed by atoms with Crippen LogP contribution in [0, 0.1) is 5.92 Å². The predicted octanol–water partition coefficient (Wildman–Crippen LogP) is 3.74. The molecule has 1 saturated carbocycles. The minimum absolute atomic E-state index is 0.00992. The highest BCUT2D eigenvalue weighted by Gasteiger charge is 2.53. The van der Waals surface area contributed by atoms with Crippen molar-refractivity contribution in [2.24, 2.45) is 5.92 Å². The molecule has 1 N–H and O–H groups in total. The fourth-order valence-electron chi connectivity index (χ4n) is 7.93. The van der Waals surface area contributed by atoms with Crippen molar-refractivity contribution < 1.29 is 29.0 Å². The maximum atomic E-state index is 14.6. The third-order valence-electron chi connectivity index (χ3n) is 10.0. The first-order chi connectivity index (χ1) is 21.9.